The van der Waals surface area contributed by atoms with Crippen molar-refractivity contribution < 1.29 is 26.4 Å². The van der Waals surface area contributed by atoms with E-state index in [-0.39, 0.29) is 23.0 Å². The summed E-state index contributed by atoms with van der Waals surface area (Å²) >= 11 is 5.70. The van der Waals surface area contributed by atoms with E-state index in [1.165, 1.54) is 24.3 Å². The molecule has 1 amide bonds. The Hall–Kier alpha value is -3.04. The zero-order chi connectivity index (χ0) is 24.9. The molecule has 1 N–H and O–H groups in total. The summed E-state index contributed by atoms with van der Waals surface area (Å²) in [6, 6.07) is 19.3. The number of carbonyl (C=O) groups excluding carboxylic acids is 1. The highest BCUT2D eigenvalue weighted by Crippen LogP contribution is 2.38. The molecule has 0 saturated carbocycles. The third-order valence-electron chi connectivity index (χ3n) is 5.14. The molecule has 0 unspecified atom stereocenters. The molecule has 0 bridgehead atoms. The molecule has 0 aliphatic heterocycles. The lowest BCUT2D eigenvalue weighted by molar-refractivity contribution is -0.137. The summed E-state index contributed by atoms with van der Waals surface area (Å²) in [7, 11) is -4.35. The van der Waals surface area contributed by atoms with E-state index >= 15 is 0 Å². The molecule has 10 heteroatoms. The SMILES string of the molecule is C[C@H](CNC(=O)CN(c1ccc(Cl)c(C(F)(F)F)c1)S(=O)(=O)c1ccccc1)c1ccccc1. The molecular weight excluding hydrogens is 489 g/mol. The Bertz CT molecular complexity index is 1240. The van der Waals surface area contributed by atoms with E-state index in [4.69, 9.17) is 11.6 Å². The second-order valence-corrected chi connectivity index (χ2v) is 9.87. The van der Waals surface area contributed by atoms with Crippen LogP contribution in [0.25, 0.3) is 0 Å². The summed E-state index contributed by atoms with van der Waals surface area (Å²) in [6.07, 6.45) is -4.80. The lowest BCUT2D eigenvalue weighted by Gasteiger charge is -2.25. The van der Waals surface area contributed by atoms with Crippen LogP contribution in [0.15, 0.2) is 83.8 Å². The summed E-state index contributed by atoms with van der Waals surface area (Å²) in [5.74, 6) is -0.720. The topological polar surface area (TPSA) is 66.5 Å². The number of alkyl halides is 3. The standard InChI is InChI=1S/C24H22ClF3N2O3S/c1-17(18-8-4-2-5-9-18)15-29-23(31)16-30(34(32,33)20-10-6-3-7-11-20)19-12-13-22(25)21(14-19)24(26,27)28/h2-14,17H,15-16H2,1H3,(H,29,31)/t17-/m1/s1. The molecule has 0 heterocycles. The monoisotopic (exact) mass is 510 g/mol. The van der Waals surface area contributed by atoms with Gasteiger partial charge in [-0.2, -0.15) is 13.2 Å². The minimum atomic E-state index is -4.80. The third-order valence-corrected chi connectivity index (χ3v) is 7.25. The molecule has 3 aromatic carbocycles. The van der Waals surface area contributed by atoms with Gasteiger partial charge in [0.2, 0.25) is 5.91 Å². The van der Waals surface area contributed by atoms with Crippen LogP contribution in [0.1, 0.15) is 24.0 Å². The second kappa shape index (κ2) is 10.5. The summed E-state index contributed by atoms with van der Waals surface area (Å²) in [5.41, 5.74) is -0.547. The maximum atomic E-state index is 13.4. The lowest BCUT2D eigenvalue weighted by atomic mass is 10.0. The van der Waals surface area contributed by atoms with E-state index in [1.807, 2.05) is 37.3 Å². The predicted octanol–water partition coefficient (Wildman–Crippen LogP) is 5.47. The first-order valence-corrected chi connectivity index (χ1v) is 12.1. The molecule has 0 aromatic heterocycles. The first-order chi connectivity index (χ1) is 16.0. The highest BCUT2D eigenvalue weighted by Gasteiger charge is 2.35. The van der Waals surface area contributed by atoms with E-state index < -0.39 is 39.2 Å². The fourth-order valence-electron chi connectivity index (χ4n) is 3.27. The zero-order valence-electron chi connectivity index (χ0n) is 18.1. The Labute approximate surface area is 201 Å². The molecule has 0 radical (unpaired) electrons. The number of hydrogen-bond donors (Lipinski definition) is 1. The number of sulfonamides is 1. The average Bonchev–Trinajstić information content (AvgIpc) is 2.81. The largest absolute Gasteiger partial charge is 0.417 e. The first-order valence-electron chi connectivity index (χ1n) is 10.3. The van der Waals surface area contributed by atoms with Crippen LogP contribution in [0.5, 0.6) is 0 Å². The molecule has 5 nitrogen and oxygen atoms in total. The van der Waals surface area contributed by atoms with Crippen LogP contribution in [0.2, 0.25) is 5.02 Å². The summed E-state index contributed by atoms with van der Waals surface area (Å²) in [5, 5.41) is 2.09. The van der Waals surface area contributed by atoms with Crippen LogP contribution in [0.4, 0.5) is 18.9 Å². The van der Waals surface area contributed by atoms with E-state index in [0.717, 1.165) is 17.7 Å². The average molecular weight is 511 g/mol. The molecular formula is C24H22ClF3N2O3S. The van der Waals surface area contributed by atoms with Gasteiger partial charge < -0.3 is 5.32 Å². The molecule has 1 atom stereocenters. The van der Waals surface area contributed by atoms with E-state index in [9.17, 15) is 26.4 Å². The Morgan fingerprint density at radius 1 is 1.00 bits per heavy atom. The second-order valence-electron chi connectivity index (χ2n) is 7.60. The van der Waals surface area contributed by atoms with Crippen molar-refractivity contribution in [1.82, 2.24) is 5.32 Å². The third kappa shape index (κ3) is 6.09. The van der Waals surface area contributed by atoms with Crippen molar-refractivity contribution in [1.29, 1.82) is 0 Å². The summed E-state index contributed by atoms with van der Waals surface area (Å²) in [6.45, 7) is 1.40. The van der Waals surface area contributed by atoms with Crippen LogP contribution in [-0.4, -0.2) is 27.4 Å². The van der Waals surface area contributed by atoms with Gasteiger partial charge in [-0.05, 0) is 41.8 Å². The minimum absolute atomic E-state index is 0.0586. The molecule has 3 aromatic rings. The van der Waals surface area contributed by atoms with Crippen LogP contribution in [-0.2, 0) is 21.0 Å². The first kappa shape index (κ1) is 25.6. The van der Waals surface area contributed by atoms with E-state index in [0.29, 0.717) is 10.4 Å². The molecule has 180 valence electrons. The van der Waals surface area contributed by atoms with Crippen molar-refractivity contribution >= 4 is 33.2 Å². The van der Waals surface area contributed by atoms with Crippen LogP contribution in [0, 0.1) is 0 Å². The van der Waals surface area contributed by atoms with Gasteiger partial charge in [0, 0.05) is 6.54 Å². The molecule has 34 heavy (non-hydrogen) atoms. The minimum Gasteiger partial charge on any atom is -0.354 e. The van der Waals surface area contributed by atoms with Gasteiger partial charge in [-0.1, -0.05) is 67.1 Å². The fraction of sp³-hybridized carbons (Fsp3) is 0.208. The molecule has 0 fully saturated rings. The van der Waals surface area contributed by atoms with Gasteiger partial charge >= 0.3 is 6.18 Å². The van der Waals surface area contributed by atoms with Gasteiger partial charge in [0.25, 0.3) is 10.0 Å². The maximum Gasteiger partial charge on any atom is 0.417 e. The molecule has 0 spiro atoms. The maximum absolute atomic E-state index is 13.4. The smallest absolute Gasteiger partial charge is 0.354 e. The van der Waals surface area contributed by atoms with E-state index in [2.05, 4.69) is 5.32 Å². The van der Waals surface area contributed by atoms with Crippen molar-refractivity contribution in [2.24, 2.45) is 0 Å². The highest BCUT2D eigenvalue weighted by molar-refractivity contribution is 7.92. The number of nitrogens with zero attached hydrogens (tertiary/aromatic N) is 1. The van der Waals surface area contributed by atoms with Gasteiger partial charge in [0.1, 0.15) is 6.54 Å². The Morgan fingerprint density at radius 3 is 2.18 bits per heavy atom. The zero-order valence-corrected chi connectivity index (χ0v) is 19.7. The number of rotatable bonds is 8. The predicted molar refractivity (Wildman–Crippen MR) is 125 cm³/mol. The van der Waals surface area contributed by atoms with Crippen molar-refractivity contribution in [2.75, 3.05) is 17.4 Å². The highest BCUT2D eigenvalue weighted by atomic mass is 35.5. The molecule has 0 aliphatic carbocycles. The van der Waals surface area contributed by atoms with Gasteiger partial charge in [-0.25, -0.2) is 8.42 Å². The number of hydrogen-bond acceptors (Lipinski definition) is 3. The van der Waals surface area contributed by atoms with Crippen LogP contribution in [0.3, 0.4) is 0 Å². The van der Waals surface area contributed by atoms with Crippen molar-refractivity contribution in [3.05, 3.63) is 95.0 Å². The number of anilines is 1. The van der Waals surface area contributed by atoms with Crippen molar-refractivity contribution in [2.45, 2.75) is 23.9 Å². The van der Waals surface area contributed by atoms with Gasteiger partial charge in [-0.15, -0.1) is 0 Å². The quantitative estimate of drug-likeness (QED) is 0.437. The molecule has 0 aliphatic rings. The van der Waals surface area contributed by atoms with Gasteiger partial charge in [-0.3, -0.25) is 9.10 Å². The fourth-order valence-corrected chi connectivity index (χ4v) is 4.93. The molecule has 0 saturated heterocycles. The number of nitrogens with one attached hydrogen (secondary N) is 1. The number of halogens is 4. The Morgan fingerprint density at radius 2 is 1.59 bits per heavy atom. The van der Waals surface area contributed by atoms with Gasteiger partial charge in [0.05, 0.1) is 21.2 Å². The van der Waals surface area contributed by atoms with E-state index in [1.54, 1.807) is 6.07 Å². The number of carbonyl (C=O) groups is 1. The number of amides is 1. The summed E-state index contributed by atoms with van der Waals surface area (Å²) < 4.78 is 67.5. The van der Waals surface area contributed by atoms with Gasteiger partial charge in [0.15, 0.2) is 0 Å². The number of benzene rings is 3. The Balaban J connectivity index is 1.91. The Kier molecular flexibility index (Phi) is 7.89. The van der Waals surface area contributed by atoms with Crippen LogP contribution >= 0.6 is 11.6 Å². The van der Waals surface area contributed by atoms with Crippen molar-refractivity contribution in [3.8, 4) is 0 Å². The molecule has 3 rings (SSSR count). The lowest BCUT2D eigenvalue weighted by Crippen LogP contribution is -2.41. The normalized spacial score (nSPS) is 12.7. The van der Waals surface area contributed by atoms with Crippen molar-refractivity contribution in [3.63, 3.8) is 0 Å². The van der Waals surface area contributed by atoms with Crippen LogP contribution < -0.4 is 9.62 Å². The summed E-state index contributed by atoms with van der Waals surface area (Å²) in [4.78, 5) is 12.6.